The molecule has 1 saturated carbocycles. The number of alkyl halides is 1. The quantitative estimate of drug-likeness (QED) is 0.656. The lowest BCUT2D eigenvalue weighted by Crippen LogP contribution is -2.18. The van der Waals surface area contributed by atoms with Crippen LogP contribution in [0.3, 0.4) is 0 Å². The molecule has 1 fully saturated rings. The van der Waals surface area contributed by atoms with Gasteiger partial charge in [-0.05, 0) is 55.7 Å². The summed E-state index contributed by atoms with van der Waals surface area (Å²) < 4.78 is 0. The van der Waals surface area contributed by atoms with Crippen molar-refractivity contribution in [2.45, 2.75) is 51.3 Å². The molecule has 2 unspecified atom stereocenters. The van der Waals surface area contributed by atoms with Crippen molar-refractivity contribution in [2.75, 3.05) is 0 Å². The van der Waals surface area contributed by atoms with Crippen LogP contribution in [-0.2, 0) is 6.42 Å². The molecule has 88 valence electrons. The Morgan fingerprint density at radius 3 is 2.50 bits per heavy atom. The van der Waals surface area contributed by atoms with Crippen LogP contribution in [0, 0.1) is 19.8 Å². The summed E-state index contributed by atoms with van der Waals surface area (Å²) in [5, 5.41) is 0.420. The lowest BCUT2D eigenvalue weighted by Gasteiger charge is -2.26. The Bertz CT molecular complexity index is 336. The van der Waals surface area contributed by atoms with E-state index in [1.54, 1.807) is 5.56 Å². The molecule has 0 N–H and O–H groups in total. The molecular formula is C15H21Cl. The summed E-state index contributed by atoms with van der Waals surface area (Å²) in [6.07, 6.45) is 6.31. The van der Waals surface area contributed by atoms with E-state index < -0.39 is 0 Å². The second-order valence-corrected chi connectivity index (χ2v) is 5.82. The summed E-state index contributed by atoms with van der Waals surface area (Å²) in [6.45, 7) is 4.45. The summed E-state index contributed by atoms with van der Waals surface area (Å²) >= 11 is 6.26. The van der Waals surface area contributed by atoms with E-state index in [4.69, 9.17) is 11.6 Å². The van der Waals surface area contributed by atoms with Crippen molar-refractivity contribution in [1.82, 2.24) is 0 Å². The molecular weight excluding hydrogens is 216 g/mol. The van der Waals surface area contributed by atoms with Gasteiger partial charge in [-0.3, -0.25) is 0 Å². The number of aryl methyl sites for hydroxylation is 2. The zero-order chi connectivity index (χ0) is 11.5. The van der Waals surface area contributed by atoms with E-state index in [-0.39, 0.29) is 0 Å². The molecule has 0 bridgehead atoms. The van der Waals surface area contributed by atoms with E-state index in [0.717, 1.165) is 5.92 Å². The Morgan fingerprint density at radius 1 is 1.19 bits per heavy atom. The predicted octanol–water partition coefficient (Wildman–Crippen LogP) is 4.64. The Hall–Kier alpha value is -0.490. The van der Waals surface area contributed by atoms with Crippen LogP contribution in [0.5, 0.6) is 0 Å². The molecule has 0 aromatic heterocycles. The number of rotatable bonds is 2. The standard InChI is InChI=1S/C15H21Cl/c1-11-5-3-6-12(2)15(11)10-13-7-4-8-14(16)9-13/h3,5-6,13-14H,4,7-10H2,1-2H3. The largest absolute Gasteiger partial charge is 0.123 e. The minimum absolute atomic E-state index is 0.420. The molecule has 1 aromatic carbocycles. The van der Waals surface area contributed by atoms with Gasteiger partial charge in [-0.2, -0.15) is 0 Å². The summed E-state index contributed by atoms with van der Waals surface area (Å²) in [4.78, 5) is 0. The molecule has 0 nitrogen and oxygen atoms in total. The molecule has 0 amide bonds. The van der Waals surface area contributed by atoms with Gasteiger partial charge < -0.3 is 0 Å². The molecule has 16 heavy (non-hydrogen) atoms. The van der Waals surface area contributed by atoms with E-state index in [1.807, 2.05) is 0 Å². The fourth-order valence-corrected chi connectivity index (χ4v) is 3.28. The smallest absolute Gasteiger partial charge is 0.0338 e. The fraction of sp³-hybridized carbons (Fsp3) is 0.600. The zero-order valence-electron chi connectivity index (χ0n) is 10.3. The Balaban J connectivity index is 2.08. The molecule has 0 spiro atoms. The van der Waals surface area contributed by atoms with Crippen molar-refractivity contribution in [3.05, 3.63) is 34.9 Å². The van der Waals surface area contributed by atoms with E-state index in [2.05, 4.69) is 32.0 Å². The van der Waals surface area contributed by atoms with Crippen molar-refractivity contribution >= 4 is 11.6 Å². The molecule has 1 aliphatic rings. The first-order valence-electron chi connectivity index (χ1n) is 6.36. The first kappa shape index (κ1) is 12.0. The number of hydrogen-bond acceptors (Lipinski definition) is 0. The third-order valence-corrected chi connectivity index (χ3v) is 4.25. The zero-order valence-corrected chi connectivity index (χ0v) is 11.1. The lowest BCUT2D eigenvalue weighted by molar-refractivity contribution is 0.360. The highest BCUT2D eigenvalue weighted by Gasteiger charge is 2.21. The maximum atomic E-state index is 6.26. The Labute approximate surface area is 104 Å². The molecule has 0 aliphatic heterocycles. The lowest BCUT2D eigenvalue weighted by atomic mass is 9.82. The van der Waals surface area contributed by atoms with Crippen molar-refractivity contribution in [3.8, 4) is 0 Å². The van der Waals surface area contributed by atoms with Gasteiger partial charge >= 0.3 is 0 Å². The van der Waals surface area contributed by atoms with Gasteiger partial charge in [-0.25, -0.2) is 0 Å². The maximum absolute atomic E-state index is 6.26. The Kier molecular flexibility index (Phi) is 3.91. The number of benzene rings is 1. The van der Waals surface area contributed by atoms with Gasteiger partial charge in [-0.15, -0.1) is 11.6 Å². The third kappa shape index (κ3) is 2.79. The average Bonchev–Trinajstić information content (AvgIpc) is 2.24. The van der Waals surface area contributed by atoms with E-state index >= 15 is 0 Å². The topological polar surface area (TPSA) is 0 Å². The highest BCUT2D eigenvalue weighted by molar-refractivity contribution is 6.20. The average molecular weight is 237 g/mol. The summed E-state index contributed by atoms with van der Waals surface area (Å²) in [5.41, 5.74) is 4.44. The number of halogens is 1. The van der Waals surface area contributed by atoms with Crippen LogP contribution in [0.4, 0.5) is 0 Å². The third-order valence-electron chi connectivity index (χ3n) is 3.86. The SMILES string of the molecule is Cc1cccc(C)c1CC1CCCC(Cl)C1. The van der Waals surface area contributed by atoms with Gasteiger partial charge in [0.1, 0.15) is 0 Å². The summed E-state index contributed by atoms with van der Waals surface area (Å²) in [6, 6.07) is 6.60. The molecule has 2 atom stereocenters. The predicted molar refractivity (Wildman–Crippen MR) is 71.2 cm³/mol. The minimum atomic E-state index is 0.420. The van der Waals surface area contributed by atoms with Crippen molar-refractivity contribution < 1.29 is 0 Å². The minimum Gasteiger partial charge on any atom is -0.123 e. The van der Waals surface area contributed by atoms with Gasteiger partial charge in [0, 0.05) is 5.38 Å². The van der Waals surface area contributed by atoms with Crippen LogP contribution >= 0.6 is 11.6 Å². The highest BCUT2D eigenvalue weighted by atomic mass is 35.5. The van der Waals surface area contributed by atoms with Crippen LogP contribution < -0.4 is 0 Å². The van der Waals surface area contributed by atoms with Gasteiger partial charge in [-0.1, -0.05) is 31.0 Å². The van der Waals surface area contributed by atoms with Crippen LogP contribution in [-0.4, -0.2) is 5.38 Å². The molecule has 0 saturated heterocycles. The first-order valence-corrected chi connectivity index (χ1v) is 6.79. The molecule has 2 rings (SSSR count). The first-order chi connectivity index (χ1) is 7.66. The molecule has 0 radical (unpaired) electrons. The van der Waals surface area contributed by atoms with Crippen molar-refractivity contribution in [2.24, 2.45) is 5.92 Å². The second kappa shape index (κ2) is 5.23. The van der Waals surface area contributed by atoms with Crippen LogP contribution in [0.2, 0.25) is 0 Å². The fourth-order valence-electron chi connectivity index (χ4n) is 2.87. The van der Waals surface area contributed by atoms with Gasteiger partial charge in [0.2, 0.25) is 0 Å². The maximum Gasteiger partial charge on any atom is 0.0338 e. The molecule has 1 aromatic rings. The summed E-state index contributed by atoms with van der Waals surface area (Å²) in [7, 11) is 0. The second-order valence-electron chi connectivity index (χ2n) is 5.20. The molecule has 1 aliphatic carbocycles. The van der Waals surface area contributed by atoms with Gasteiger partial charge in [0.05, 0.1) is 0 Å². The monoisotopic (exact) mass is 236 g/mol. The van der Waals surface area contributed by atoms with E-state index in [1.165, 1.54) is 43.2 Å². The van der Waals surface area contributed by atoms with Crippen LogP contribution in [0.15, 0.2) is 18.2 Å². The van der Waals surface area contributed by atoms with Crippen molar-refractivity contribution in [3.63, 3.8) is 0 Å². The van der Waals surface area contributed by atoms with E-state index in [9.17, 15) is 0 Å². The van der Waals surface area contributed by atoms with Crippen LogP contribution in [0.25, 0.3) is 0 Å². The van der Waals surface area contributed by atoms with Gasteiger partial charge in [0.25, 0.3) is 0 Å². The highest BCUT2D eigenvalue weighted by Crippen LogP contribution is 2.31. The van der Waals surface area contributed by atoms with Crippen LogP contribution in [0.1, 0.15) is 42.4 Å². The number of hydrogen-bond donors (Lipinski definition) is 0. The Morgan fingerprint density at radius 2 is 1.88 bits per heavy atom. The normalized spacial score (nSPS) is 25.7. The summed E-state index contributed by atoms with van der Waals surface area (Å²) in [5.74, 6) is 0.802. The van der Waals surface area contributed by atoms with Gasteiger partial charge in [0.15, 0.2) is 0 Å². The van der Waals surface area contributed by atoms with E-state index in [0.29, 0.717) is 5.38 Å². The molecule has 0 heterocycles. The molecule has 1 heteroatoms. The van der Waals surface area contributed by atoms with Crippen molar-refractivity contribution in [1.29, 1.82) is 0 Å².